The Balaban J connectivity index is 1.77. The normalized spacial score (nSPS) is 14.4. The first-order chi connectivity index (χ1) is 10.2. The van der Waals surface area contributed by atoms with Gasteiger partial charge in [0.15, 0.2) is 5.82 Å². The van der Waals surface area contributed by atoms with Crippen LogP contribution in [0.5, 0.6) is 0 Å². The SMILES string of the molecule is CC(C)CSCc1noc(-c2cccc3c2CCNC3)n1. The van der Waals surface area contributed by atoms with E-state index in [0.29, 0.717) is 11.8 Å². The number of hydrogen-bond acceptors (Lipinski definition) is 5. The average molecular weight is 303 g/mol. The lowest BCUT2D eigenvalue weighted by molar-refractivity contribution is 0.424. The summed E-state index contributed by atoms with van der Waals surface area (Å²) in [6, 6.07) is 6.32. The lowest BCUT2D eigenvalue weighted by atomic mass is 9.95. The number of thioether (sulfide) groups is 1. The van der Waals surface area contributed by atoms with Crippen LogP contribution in [0.1, 0.15) is 30.8 Å². The maximum Gasteiger partial charge on any atom is 0.258 e. The minimum Gasteiger partial charge on any atom is -0.334 e. The highest BCUT2D eigenvalue weighted by molar-refractivity contribution is 7.98. The fourth-order valence-corrected chi connectivity index (χ4v) is 3.43. The predicted octanol–water partition coefficient (Wildman–Crippen LogP) is 3.27. The van der Waals surface area contributed by atoms with Crippen molar-refractivity contribution in [1.82, 2.24) is 15.5 Å². The van der Waals surface area contributed by atoms with Crippen LogP contribution in [0.25, 0.3) is 11.5 Å². The minimum absolute atomic E-state index is 0.661. The van der Waals surface area contributed by atoms with E-state index in [9.17, 15) is 0 Å². The van der Waals surface area contributed by atoms with Crippen molar-refractivity contribution in [2.75, 3.05) is 12.3 Å². The molecule has 1 aliphatic heterocycles. The van der Waals surface area contributed by atoms with Crippen LogP contribution < -0.4 is 5.32 Å². The summed E-state index contributed by atoms with van der Waals surface area (Å²) in [5.41, 5.74) is 3.79. The third-order valence-electron chi connectivity index (χ3n) is 3.52. The molecule has 1 aromatic heterocycles. The third-order valence-corrected chi connectivity index (χ3v) is 4.89. The summed E-state index contributed by atoms with van der Waals surface area (Å²) in [5, 5.41) is 7.51. The van der Waals surface area contributed by atoms with Crippen molar-refractivity contribution >= 4 is 11.8 Å². The van der Waals surface area contributed by atoms with Gasteiger partial charge in [0.1, 0.15) is 0 Å². The number of rotatable bonds is 5. The molecule has 0 atom stereocenters. The Bertz CT molecular complexity index is 609. The summed E-state index contributed by atoms with van der Waals surface area (Å²) in [6.07, 6.45) is 1.02. The van der Waals surface area contributed by atoms with Crippen LogP contribution in [0.3, 0.4) is 0 Å². The Labute approximate surface area is 129 Å². The molecular weight excluding hydrogens is 282 g/mol. The van der Waals surface area contributed by atoms with Crippen LogP contribution in [0.4, 0.5) is 0 Å². The maximum absolute atomic E-state index is 5.48. The summed E-state index contributed by atoms with van der Waals surface area (Å²) in [7, 11) is 0. The molecule has 0 aliphatic carbocycles. The van der Waals surface area contributed by atoms with Gasteiger partial charge in [0.05, 0.1) is 5.75 Å². The number of nitrogens with zero attached hydrogens (tertiary/aromatic N) is 2. The van der Waals surface area contributed by atoms with Gasteiger partial charge in [-0.2, -0.15) is 16.7 Å². The molecule has 4 nitrogen and oxygen atoms in total. The molecule has 0 amide bonds. The molecule has 1 aromatic carbocycles. The molecule has 2 heterocycles. The molecule has 0 radical (unpaired) electrons. The van der Waals surface area contributed by atoms with Gasteiger partial charge in [-0.25, -0.2) is 0 Å². The number of aromatic nitrogens is 2. The lowest BCUT2D eigenvalue weighted by Crippen LogP contribution is -2.24. The Morgan fingerprint density at radius 1 is 1.38 bits per heavy atom. The largest absolute Gasteiger partial charge is 0.334 e. The average Bonchev–Trinajstić information content (AvgIpc) is 2.95. The van der Waals surface area contributed by atoms with Gasteiger partial charge in [0.2, 0.25) is 0 Å². The first kappa shape index (κ1) is 14.6. The number of nitrogens with one attached hydrogen (secondary N) is 1. The quantitative estimate of drug-likeness (QED) is 0.918. The molecule has 0 saturated carbocycles. The molecule has 3 rings (SSSR count). The van der Waals surface area contributed by atoms with Gasteiger partial charge in [0, 0.05) is 12.1 Å². The van der Waals surface area contributed by atoms with E-state index in [1.54, 1.807) is 0 Å². The van der Waals surface area contributed by atoms with Gasteiger partial charge in [-0.15, -0.1) is 0 Å². The maximum atomic E-state index is 5.48. The molecule has 0 saturated heterocycles. The van der Waals surface area contributed by atoms with Gasteiger partial charge >= 0.3 is 0 Å². The lowest BCUT2D eigenvalue weighted by Gasteiger charge is -2.18. The number of hydrogen-bond donors (Lipinski definition) is 1. The van der Waals surface area contributed by atoms with Gasteiger partial charge < -0.3 is 9.84 Å². The Morgan fingerprint density at radius 3 is 3.14 bits per heavy atom. The van der Waals surface area contributed by atoms with E-state index in [4.69, 9.17) is 4.52 Å². The van der Waals surface area contributed by atoms with Crippen LogP contribution in [0.15, 0.2) is 22.7 Å². The second-order valence-electron chi connectivity index (χ2n) is 5.79. The van der Waals surface area contributed by atoms with Crippen molar-refractivity contribution in [1.29, 1.82) is 0 Å². The highest BCUT2D eigenvalue weighted by atomic mass is 32.2. The Morgan fingerprint density at radius 2 is 2.29 bits per heavy atom. The molecule has 5 heteroatoms. The molecular formula is C16H21N3OS. The van der Waals surface area contributed by atoms with Crippen molar-refractivity contribution in [2.45, 2.75) is 32.6 Å². The topological polar surface area (TPSA) is 51.0 Å². The first-order valence-corrected chi connectivity index (χ1v) is 8.61. The summed E-state index contributed by atoms with van der Waals surface area (Å²) in [6.45, 7) is 6.38. The zero-order valence-corrected chi connectivity index (χ0v) is 13.4. The molecule has 2 aromatic rings. The van der Waals surface area contributed by atoms with Gasteiger partial charge in [0.25, 0.3) is 5.89 Å². The van der Waals surface area contributed by atoms with Crippen LogP contribution in [0.2, 0.25) is 0 Å². The van der Waals surface area contributed by atoms with Crippen molar-refractivity contribution in [3.63, 3.8) is 0 Å². The highest BCUT2D eigenvalue weighted by Gasteiger charge is 2.17. The Kier molecular flexibility index (Phi) is 4.60. The van der Waals surface area contributed by atoms with E-state index in [1.165, 1.54) is 11.1 Å². The molecule has 0 spiro atoms. The summed E-state index contributed by atoms with van der Waals surface area (Å²) in [5.74, 6) is 4.08. The summed E-state index contributed by atoms with van der Waals surface area (Å²) >= 11 is 1.86. The molecule has 1 aliphatic rings. The van der Waals surface area contributed by atoms with Crippen molar-refractivity contribution in [3.8, 4) is 11.5 Å². The monoisotopic (exact) mass is 303 g/mol. The van der Waals surface area contributed by atoms with Gasteiger partial charge in [-0.1, -0.05) is 31.1 Å². The summed E-state index contributed by atoms with van der Waals surface area (Å²) < 4.78 is 5.48. The molecule has 21 heavy (non-hydrogen) atoms. The fourth-order valence-electron chi connectivity index (χ4n) is 2.54. The highest BCUT2D eigenvalue weighted by Crippen LogP contribution is 2.27. The van der Waals surface area contributed by atoms with Crippen molar-refractivity contribution in [2.24, 2.45) is 5.92 Å². The third kappa shape index (κ3) is 3.47. The van der Waals surface area contributed by atoms with E-state index < -0.39 is 0 Å². The predicted molar refractivity (Wildman–Crippen MR) is 86.1 cm³/mol. The first-order valence-electron chi connectivity index (χ1n) is 7.46. The van der Waals surface area contributed by atoms with E-state index in [2.05, 4.69) is 47.5 Å². The molecule has 1 N–H and O–H groups in total. The smallest absolute Gasteiger partial charge is 0.258 e. The second-order valence-corrected chi connectivity index (χ2v) is 6.83. The van der Waals surface area contributed by atoms with E-state index in [1.807, 2.05) is 11.8 Å². The zero-order chi connectivity index (χ0) is 14.7. The van der Waals surface area contributed by atoms with Crippen LogP contribution in [0, 0.1) is 5.92 Å². The van der Waals surface area contributed by atoms with Gasteiger partial charge in [-0.05, 0) is 41.8 Å². The zero-order valence-electron chi connectivity index (χ0n) is 12.6. The standard InChI is InChI=1S/C16H21N3OS/c1-11(2)9-21-10-15-18-16(20-19-15)14-5-3-4-12-8-17-7-6-13(12)14/h3-5,11,17H,6-10H2,1-2H3. The number of benzene rings is 1. The van der Waals surface area contributed by atoms with E-state index in [-0.39, 0.29) is 0 Å². The molecule has 0 unspecified atom stereocenters. The van der Waals surface area contributed by atoms with Gasteiger partial charge in [-0.3, -0.25) is 0 Å². The van der Waals surface area contributed by atoms with E-state index >= 15 is 0 Å². The summed E-state index contributed by atoms with van der Waals surface area (Å²) in [4.78, 5) is 4.57. The van der Waals surface area contributed by atoms with Crippen LogP contribution >= 0.6 is 11.8 Å². The molecule has 112 valence electrons. The number of fused-ring (bicyclic) bond motifs is 1. The van der Waals surface area contributed by atoms with Crippen molar-refractivity contribution in [3.05, 3.63) is 35.2 Å². The van der Waals surface area contributed by atoms with Crippen LogP contribution in [-0.4, -0.2) is 22.4 Å². The molecule has 0 fully saturated rings. The Hall–Kier alpha value is -1.33. The van der Waals surface area contributed by atoms with E-state index in [0.717, 1.165) is 42.4 Å². The second kappa shape index (κ2) is 6.62. The van der Waals surface area contributed by atoms with Crippen molar-refractivity contribution < 1.29 is 4.52 Å². The van der Waals surface area contributed by atoms with Crippen LogP contribution in [-0.2, 0) is 18.7 Å². The fraction of sp³-hybridized carbons (Fsp3) is 0.500. The minimum atomic E-state index is 0.661. The molecule has 0 bridgehead atoms.